The fourth-order valence-electron chi connectivity index (χ4n) is 3.50. The molecule has 0 radical (unpaired) electrons. The Morgan fingerprint density at radius 2 is 2.03 bits per heavy atom. The summed E-state index contributed by atoms with van der Waals surface area (Å²) >= 11 is 0. The Bertz CT molecular complexity index is 748. The number of aliphatic hydroxyl groups excluding tert-OH is 2. The van der Waals surface area contributed by atoms with Gasteiger partial charge in [-0.1, -0.05) is 12.7 Å². The standard InChI is InChI=1S/C22H30O8/c1-12(14(3)24)21(26)28-11-17-7-5-6-16(10-23)8-19-20(13(2)22(27)30-19)18(9-17)29-15(4)25/h7-8,12,14,18-20,23-24H,2,5-6,9-11H2,1,3-4H3/b16-8-,17-7-/t12-,14+,18+,19-,20-/m1/s1. The maximum absolute atomic E-state index is 12.1. The summed E-state index contributed by atoms with van der Waals surface area (Å²) in [6, 6.07) is 0. The summed E-state index contributed by atoms with van der Waals surface area (Å²) in [6.45, 7) is 7.93. The Labute approximate surface area is 176 Å². The van der Waals surface area contributed by atoms with Crippen molar-refractivity contribution in [2.24, 2.45) is 11.8 Å². The van der Waals surface area contributed by atoms with Gasteiger partial charge in [-0.25, -0.2) is 4.79 Å². The molecule has 0 aromatic rings. The number of esters is 3. The first-order valence-corrected chi connectivity index (χ1v) is 10.0. The van der Waals surface area contributed by atoms with Gasteiger partial charge in [-0.15, -0.1) is 0 Å². The van der Waals surface area contributed by atoms with Crippen molar-refractivity contribution in [3.05, 3.63) is 35.5 Å². The van der Waals surface area contributed by atoms with Crippen LogP contribution in [0.4, 0.5) is 0 Å². The van der Waals surface area contributed by atoms with E-state index in [1.54, 1.807) is 13.0 Å². The van der Waals surface area contributed by atoms with Gasteiger partial charge in [-0.3, -0.25) is 9.59 Å². The Balaban J connectivity index is 2.30. The van der Waals surface area contributed by atoms with Crippen LogP contribution in [0.5, 0.6) is 0 Å². The van der Waals surface area contributed by atoms with Crippen LogP contribution >= 0.6 is 0 Å². The zero-order valence-electron chi connectivity index (χ0n) is 17.6. The Kier molecular flexibility index (Phi) is 8.37. The Morgan fingerprint density at radius 1 is 1.33 bits per heavy atom. The maximum Gasteiger partial charge on any atom is 0.334 e. The van der Waals surface area contributed by atoms with E-state index in [0.29, 0.717) is 24.0 Å². The second-order valence-electron chi connectivity index (χ2n) is 7.79. The van der Waals surface area contributed by atoms with Crippen LogP contribution in [0.3, 0.4) is 0 Å². The van der Waals surface area contributed by atoms with Crippen LogP contribution in [-0.4, -0.2) is 59.6 Å². The van der Waals surface area contributed by atoms with Gasteiger partial charge in [-0.05, 0) is 43.9 Å². The van der Waals surface area contributed by atoms with Crippen LogP contribution < -0.4 is 0 Å². The summed E-state index contributed by atoms with van der Waals surface area (Å²) in [4.78, 5) is 36.0. The van der Waals surface area contributed by atoms with Gasteiger partial charge in [-0.2, -0.15) is 0 Å². The van der Waals surface area contributed by atoms with E-state index < -0.39 is 48.1 Å². The lowest BCUT2D eigenvalue weighted by Crippen LogP contribution is -2.34. The van der Waals surface area contributed by atoms with Gasteiger partial charge in [0.15, 0.2) is 0 Å². The molecule has 0 amide bonds. The number of carbonyl (C=O) groups excluding carboxylic acids is 3. The molecule has 0 saturated carbocycles. The third-order valence-electron chi connectivity index (χ3n) is 5.44. The minimum Gasteiger partial charge on any atom is -0.461 e. The fraction of sp³-hybridized carbons (Fsp3) is 0.591. The summed E-state index contributed by atoms with van der Waals surface area (Å²) in [5.74, 6) is -2.92. The molecule has 0 aromatic carbocycles. The highest BCUT2D eigenvalue weighted by Crippen LogP contribution is 2.36. The van der Waals surface area contributed by atoms with Crippen molar-refractivity contribution in [3.63, 3.8) is 0 Å². The first-order chi connectivity index (χ1) is 14.1. The Hall–Kier alpha value is -2.45. The smallest absolute Gasteiger partial charge is 0.334 e. The van der Waals surface area contributed by atoms with Gasteiger partial charge >= 0.3 is 17.9 Å². The minimum atomic E-state index is -0.840. The number of hydrogen-bond donors (Lipinski definition) is 2. The molecule has 1 aliphatic heterocycles. The molecule has 0 spiro atoms. The lowest BCUT2D eigenvalue weighted by molar-refractivity contribution is -0.152. The largest absolute Gasteiger partial charge is 0.461 e. The molecular formula is C22H30O8. The highest BCUT2D eigenvalue weighted by molar-refractivity contribution is 5.91. The molecule has 5 atom stereocenters. The first-order valence-electron chi connectivity index (χ1n) is 10.0. The molecule has 8 heteroatoms. The zero-order valence-corrected chi connectivity index (χ0v) is 17.6. The van der Waals surface area contributed by atoms with Crippen molar-refractivity contribution in [2.75, 3.05) is 13.2 Å². The Morgan fingerprint density at radius 3 is 2.63 bits per heavy atom. The fourth-order valence-corrected chi connectivity index (χ4v) is 3.50. The van der Waals surface area contributed by atoms with Gasteiger partial charge in [0.25, 0.3) is 0 Å². The third-order valence-corrected chi connectivity index (χ3v) is 5.44. The number of hydrogen-bond acceptors (Lipinski definition) is 8. The summed E-state index contributed by atoms with van der Waals surface area (Å²) in [7, 11) is 0. The number of fused-ring (bicyclic) bond motifs is 1. The highest BCUT2D eigenvalue weighted by atomic mass is 16.6. The van der Waals surface area contributed by atoms with Crippen molar-refractivity contribution in [2.45, 2.75) is 58.3 Å². The molecule has 0 unspecified atom stereocenters. The molecule has 1 aliphatic carbocycles. The quantitative estimate of drug-likeness (QED) is 0.287. The van der Waals surface area contributed by atoms with Crippen LogP contribution in [0, 0.1) is 11.8 Å². The molecule has 166 valence electrons. The van der Waals surface area contributed by atoms with Crippen LogP contribution in [0.1, 0.15) is 40.0 Å². The van der Waals surface area contributed by atoms with Crippen LogP contribution in [0.15, 0.2) is 35.5 Å². The molecule has 8 nitrogen and oxygen atoms in total. The van der Waals surface area contributed by atoms with Crippen LogP contribution in [0.2, 0.25) is 0 Å². The predicted octanol–water partition coefficient (Wildman–Crippen LogP) is 1.60. The predicted molar refractivity (Wildman–Crippen MR) is 107 cm³/mol. The van der Waals surface area contributed by atoms with Crippen LogP contribution in [-0.2, 0) is 28.6 Å². The van der Waals surface area contributed by atoms with Gasteiger partial charge in [0.2, 0.25) is 0 Å². The topological polar surface area (TPSA) is 119 Å². The molecule has 2 rings (SSSR count). The number of allylic oxidation sites excluding steroid dienone is 1. The lowest BCUT2D eigenvalue weighted by atomic mass is 9.85. The SMILES string of the molecule is C=C1C(=O)O[C@@H]2/C=C(\CO)CC/C=C(\COC(=O)[C@H](C)[C@H](C)O)C[C@H](OC(C)=O)[C@@H]12. The van der Waals surface area contributed by atoms with E-state index in [2.05, 4.69) is 6.58 Å². The first kappa shape index (κ1) is 23.8. The van der Waals surface area contributed by atoms with Crippen molar-refractivity contribution in [3.8, 4) is 0 Å². The summed E-state index contributed by atoms with van der Waals surface area (Å²) in [6.07, 6.45) is 2.60. The van der Waals surface area contributed by atoms with E-state index in [4.69, 9.17) is 14.2 Å². The van der Waals surface area contributed by atoms with E-state index in [9.17, 15) is 24.6 Å². The number of ether oxygens (including phenoxy) is 3. The third kappa shape index (κ3) is 6.03. The zero-order chi connectivity index (χ0) is 22.4. The van der Waals surface area contributed by atoms with Crippen molar-refractivity contribution < 1.29 is 38.8 Å². The number of carbonyl (C=O) groups is 3. The monoisotopic (exact) mass is 422 g/mol. The average Bonchev–Trinajstić information content (AvgIpc) is 2.96. The van der Waals surface area contributed by atoms with Crippen molar-refractivity contribution in [1.82, 2.24) is 0 Å². The number of aliphatic hydroxyl groups is 2. The summed E-state index contributed by atoms with van der Waals surface area (Å²) in [5, 5.41) is 19.2. The summed E-state index contributed by atoms with van der Waals surface area (Å²) in [5.41, 5.74) is 1.59. The van der Waals surface area contributed by atoms with Crippen molar-refractivity contribution in [1.29, 1.82) is 0 Å². The molecule has 1 heterocycles. The van der Waals surface area contributed by atoms with E-state index in [0.717, 1.165) is 0 Å². The molecular weight excluding hydrogens is 392 g/mol. The molecule has 0 aromatic heterocycles. The molecule has 30 heavy (non-hydrogen) atoms. The van der Waals surface area contributed by atoms with E-state index in [1.807, 2.05) is 6.08 Å². The van der Waals surface area contributed by atoms with E-state index in [1.165, 1.54) is 13.8 Å². The molecule has 1 saturated heterocycles. The highest BCUT2D eigenvalue weighted by Gasteiger charge is 2.44. The van der Waals surface area contributed by atoms with Gasteiger partial charge in [0, 0.05) is 18.9 Å². The molecule has 0 bridgehead atoms. The minimum absolute atomic E-state index is 0.0372. The summed E-state index contributed by atoms with van der Waals surface area (Å²) < 4.78 is 16.2. The van der Waals surface area contributed by atoms with E-state index in [-0.39, 0.29) is 25.2 Å². The van der Waals surface area contributed by atoms with Gasteiger partial charge < -0.3 is 24.4 Å². The number of rotatable bonds is 6. The van der Waals surface area contributed by atoms with Crippen molar-refractivity contribution >= 4 is 17.9 Å². The molecule has 2 aliphatic rings. The second kappa shape index (κ2) is 10.5. The average molecular weight is 422 g/mol. The lowest BCUT2D eigenvalue weighted by Gasteiger charge is -2.27. The van der Waals surface area contributed by atoms with E-state index >= 15 is 0 Å². The van der Waals surface area contributed by atoms with Crippen LogP contribution in [0.25, 0.3) is 0 Å². The second-order valence-corrected chi connectivity index (χ2v) is 7.79. The molecule has 1 fully saturated rings. The van der Waals surface area contributed by atoms with Gasteiger partial charge in [0.05, 0.1) is 24.5 Å². The maximum atomic E-state index is 12.1. The molecule has 2 N–H and O–H groups in total. The van der Waals surface area contributed by atoms with Gasteiger partial charge in [0.1, 0.15) is 18.8 Å². The normalized spacial score (nSPS) is 30.0.